The Morgan fingerprint density at radius 3 is 2.79 bits per heavy atom. The molecular weight excluding hydrogens is 217 g/mol. The number of hydrogen-bond donors (Lipinski definition) is 1. The maximum atomic E-state index is 6.06. The summed E-state index contributed by atoms with van der Waals surface area (Å²) in [5, 5.41) is 2.53. The summed E-state index contributed by atoms with van der Waals surface area (Å²) < 4.78 is 0. The highest BCUT2D eigenvalue weighted by Crippen LogP contribution is 2.29. The molecule has 0 saturated heterocycles. The van der Waals surface area contributed by atoms with E-state index in [-0.39, 0.29) is 0 Å². The van der Waals surface area contributed by atoms with E-state index in [4.69, 9.17) is 23.2 Å². The van der Waals surface area contributed by atoms with Gasteiger partial charge in [0.15, 0.2) is 0 Å². The van der Waals surface area contributed by atoms with Crippen LogP contribution < -0.4 is 0 Å². The number of hydrogen-bond acceptors (Lipinski definition) is 0. The molecule has 0 amide bonds. The Hall–Kier alpha value is -0.660. The van der Waals surface area contributed by atoms with Crippen LogP contribution in [0.1, 0.15) is 18.9 Å². The molecule has 2 aromatic rings. The quantitative estimate of drug-likeness (QED) is 0.782. The first-order valence-corrected chi connectivity index (χ1v) is 5.43. The van der Waals surface area contributed by atoms with Gasteiger partial charge in [-0.3, -0.25) is 0 Å². The summed E-state index contributed by atoms with van der Waals surface area (Å²) in [7, 11) is 0. The van der Waals surface area contributed by atoms with Crippen molar-refractivity contribution >= 4 is 34.1 Å². The van der Waals surface area contributed by atoms with Crippen LogP contribution in [0.15, 0.2) is 18.3 Å². The normalized spacial score (nSPS) is 11.1. The molecule has 0 aliphatic carbocycles. The molecule has 74 valence electrons. The minimum absolute atomic E-state index is 0.690. The van der Waals surface area contributed by atoms with Crippen molar-refractivity contribution in [3.63, 3.8) is 0 Å². The van der Waals surface area contributed by atoms with Gasteiger partial charge in [-0.15, -0.1) is 0 Å². The van der Waals surface area contributed by atoms with Crippen molar-refractivity contribution in [3.8, 4) is 0 Å². The van der Waals surface area contributed by atoms with E-state index in [2.05, 4.69) is 11.9 Å². The van der Waals surface area contributed by atoms with Crippen molar-refractivity contribution in [3.05, 3.63) is 33.9 Å². The molecule has 1 aromatic carbocycles. The second-order valence-electron chi connectivity index (χ2n) is 3.37. The van der Waals surface area contributed by atoms with Crippen LogP contribution >= 0.6 is 23.2 Å². The monoisotopic (exact) mass is 227 g/mol. The number of rotatable bonds is 2. The number of aromatic nitrogens is 1. The predicted molar refractivity (Wildman–Crippen MR) is 62.3 cm³/mol. The van der Waals surface area contributed by atoms with E-state index in [0.717, 1.165) is 23.7 Å². The summed E-state index contributed by atoms with van der Waals surface area (Å²) in [5.74, 6) is 0. The maximum absolute atomic E-state index is 6.06. The van der Waals surface area contributed by atoms with Crippen molar-refractivity contribution in [2.75, 3.05) is 0 Å². The van der Waals surface area contributed by atoms with Crippen LogP contribution in [0.4, 0.5) is 0 Å². The molecule has 0 fully saturated rings. The SMILES string of the molecule is CCCc1c[nH]c2c(Cl)cc(Cl)cc12. The first-order valence-electron chi connectivity index (χ1n) is 4.67. The van der Waals surface area contributed by atoms with Crippen LogP contribution in [0.25, 0.3) is 10.9 Å². The third kappa shape index (κ3) is 1.62. The molecule has 0 radical (unpaired) electrons. The summed E-state index contributed by atoms with van der Waals surface area (Å²) in [5.41, 5.74) is 2.27. The van der Waals surface area contributed by atoms with Gasteiger partial charge in [0, 0.05) is 16.6 Å². The standard InChI is InChI=1S/C11H11Cl2N/c1-2-3-7-6-14-11-9(7)4-8(12)5-10(11)13/h4-6,14H,2-3H2,1H3. The van der Waals surface area contributed by atoms with E-state index in [1.165, 1.54) is 5.56 Å². The summed E-state index contributed by atoms with van der Waals surface area (Å²) in [6.45, 7) is 2.16. The van der Waals surface area contributed by atoms with E-state index in [1.807, 2.05) is 12.3 Å². The fourth-order valence-corrected chi connectivity index (χ4v) is 2.23. The molecule has 0 unspecified atom stereocenters. The van der Waals surface area contributed by atoms with E-state index in [0.29, 0.717) is 10.0 Å². The van der Waals surface area contributed by atoms with Gasteiger partial charge in [-0.1, -0.05) is 36.5 Å². The van der Waals surface area contributed by atoms with Crippen LogP contribution in [0.5, 0.6) is 0 Å². The van der Waals surface area contributed by atoms with Gasteiger partial charge in [0.2, 0.25) is 0 Å². The average Bonchev–Trinajstić information content (AvgIpc) is 2.49. The smallest absolute Gasteiger partial charge is 0.0661 e. The third-order valence-electron chi connectivity index (χ3n) is 2.31. The van der Waals surface area contributed by atoms with Gasteiger partial charge >= 0.3 is 0 Å². The van der Waals surface area contributed by atoms with Crippen LogP contribution in [-0.2, 0) is 6.42 Å². The molecule has 1 aromatic heterocycles. The number of aromatic amines is 1. The summed E-state index contributed by atoms with van der Waals surface area (Å²) in [6, 6.07) is 3.72. The van der Waals surface area contributed by atoms with Crippen molar-refractivity contribution in [2.45, 2.75) is 19.8 Å². The van der Waals surface area contributed by atoms with E-state index in [1.54, 1.807) is 6.07 Å². The average molecular weight is 228 g/mol. The number of H-pyrrole nitrogens is 1. The second kappa shape index (κ2) is 3.84. The summed E-state index contributed by atoms with van der Waals surface area (Å²) in [6.07, 6.45) is 4.18. The highest BCUT2D eigenvalue weighted by atomic mass is 35.5. The Morgan fingerprint density at radius 1 is 1.29 bits per heavy atom. The first kappa shape index (κ1) is 9.88. The fourth-order valence-electron chi connectivity index (χ4n) is 1.69. The molecule has 0 spiro atoms. The fraction of sp³-hybridized carbons (Fsp3) is 0.273. The highest BCUT2D eigenvalue weighted by molar-refractivity contribution is 6.38. The van der Waals surface area contributed by atoms with Crippen molar-refractivity contribution in [2.24, 2.45) is 0 Å². The van der Waals surface area contributed by atoms with Crippen LogP contribution in [-0.4, -0.2) is 4.98 Å². The first-order chi connectivity index (χ1) is 6.72. The number of aryl methyl sites for hydroxylation is 1. The zero-order chi connectivity index (χ0) is 10.1. The number of nitrogens with one attached hydrogen (secondary N) is 1. The van der Waals surface area contributed by atoms with Gasteiger partial charge in [-0.05, 0) is 24.1 Å². The Kier molecular flexibility index (Phi) is 2.71. The minimum atomic E-state index is 0.690. The van der Waals surface area contributed by atoms with Crippen LogP contribution in [0.2, 0.25) is 10.0 Å². The number of halogens is 2. The Balaban J connectivity index is 2.66. The molecule has 2 rings (SSSR count). The van der Waals surface area contributed by atoms with E-state index < -0.39 is 0 Å². The van der Waals surface area contributed by atoms with Crippen molar-refractivity contribution in [1.82, 2.24) is 4.98 Å². The second-order valence-corrected chi connectivity index (χ2v) is 4.22. The van der Waals surface area contributed by atoms with Gasteiger partial charge in [-0.2, -0.15) is 0 Å². The molecule has 0 aliphatic rings. The molecule has 1 heterocycles. The number of fused-ring (bicyclic) bond motifs is 1. The van der Waals surface area contributed by atoms with Crippen molar-refractivity contribution in [1.29, 1.82) is 0 Å². The van der Waals surface area contributed by atoms with E-state index >= 15 is 0 Å². The minimum Gasteiger partial charge on any atom is -0.360 e. The Labute approximate surface area is 93.0 Å². The molecule has 0 atom stereocenters. The lowest BCUT2D eigenvalue weighted by molar-refractivity contribution is 0.929. The Morgan fingerprint density at radius 2 is 2.07 bits per heavy atom. The van der Waals surface area contributed by atoms with Gasteiger partial charge in [0.1, 0.15) is 0 Å². The molecule has 14 heavy (non-hydrogen) atoms. The lowest BCUT2D eigenvalue weighted by Crippen LogP contribution is -1.79. The topological polar surface area (TPSA) is 15.8 Å². The van der Waals surface area contributed by atoms with Gasteiger partial charge in [0.25, 0.3) is 0 Å². The maximum Gasteiger partial charge on any atom is 0.0661 e. The van der Waals surface area contributed by atoms with Gasteiger partial charge < -0.3 is 4.98 Å². The number of benzene rings is 1. The zero-order valence-electron chi connectivity index (χ0n) is 7.90. The zero-order valence-corrected chi connectivity index (χ0v) is 9.41. The molecule has 0 saturated carbocycles. The molecule has 0 aliphatic heterocycles. The van der Waals surface area contributed by atoms with Crippen LogP contribution in [0, 0.1) is 0 Å². The van der Waals surface area contributed by atoms with Crippen LogP contribution in [0.3, 0.4) is 0 Å². The molecule has 1 nitrogen and oxygen atoms in total. The largest absolute Gasteiger partial charge is 0.360 e. The Bertz CT molecular complexity index is 460. The third-order valence-corrected chi connectivity index (χ3v) is 2.83. The molecule has 3 heteroatoms. The predicted octanol–water partition coefficient (Wildman–Crippen LogP) is 4.43. The lowest BCUT2D eigenvalue weighted by Gasteiger charge is -1.98. The summed E-state index contributed by atoms with van der Waals surface area (Å²) >= 11 is 12.0. The van der Waals surface area contributed by atoms with E-state index in [9.17, 15) is 0 Å². The van der Waals surface area contributed by atoms with Gasteiger partial charge in [0.05, 0.1) is 10.5 Å². The molecule has 1 N–H and O–H groups in total. The van der Waals surface area contributed by atoms with Crippen molar-refractivity contribution < 1.29 is 0 Å². The highest BCUT2D eigenvalue weighted by Gasteiger charge is 2.07. The lowest BCUT2D eigenvalue weighted by atomic mass is 10.1. The van der Waals surface area contributed by atoms with Gasteiger partial charge in [-0.25, -0.2) is 0 Å². The molecule has 0 bridgehead atoms. The molecular formula is C11H11Cl2N. The summed E-state index contributed by atoms with van der Waals surface area (Å²) in [4.78, 5) is 3.18.